The number of aromatic nitrogens is 1. The molecule has 0 amide bonds. The lowest BCUT2D eigenvalue weighted by Gasteiger charge is -2.08. The lowest BCUT2D eigenvalue weighted by molar-refractivity contribution is -0.385. The second-order valence-electron chi connectivity index (χ2n) is 3.51. The molecule has 0 saturated heterocycles. The van der Waals surface area contributed by atoms with Crippen LogP contribution < -0.4 is 0 Å². The Morgan fingerprint density at radius 3 is 2.88 bits per heavy atom. The zero-order chi connectivity index (χ0) is 12.3. The normalized spacial score (nSPS) is 12.3. The maximum Gasteiger partial charge on any atom is 0.272 e. The molecule has 1 aromatic heterocycles. The molecule has 6 heteroatoms. The fraction of sp³-hybridized carbons (Fsp3) is 0.182. The van der Waals surface area contributed by atoms with Crippen LogP contribution >= 0.6 is 11.3 Å². The molecule has 0 radical (unpaired) electrons. The standard InChI is InChI=1S/C11H10N2O3S/c14-10(11-6-12-7-17-11)5-8-3-1-2-4-9(8)13(15)16/h1-4,6-7,10,14H,5H2. The third-order valence-electron chi connectivity index (χ3n) is 2.38. The van der Waals surface area contributed by atoms with Crippen LogP contribution in [0.2, 0.25) is 0 Å². The van der Waals surface area contributed by atoms with Gasteiger partial charge in [-0.2, -0.15) is 0 Å². The largest absolute Gasteiger partial charge is 0.387 e. The Balaban J connectivity index is 2.21. The number of hydrogen-bond donors (Lipinski definition) is 1. The van der Waals surface area contributed by atoms with Gasteiger partial charge in [0, 0.05) is 24.2 Å². The summed E-state index contributed by atoms with van der Waals surface area (Å²) in [7, 11) is 0. The van der Waals surface area contributed by atoms with E-state index in [0.29, 0.717) is 10.4 Å². The van der Waals surface area contributed by atoms with E-state index < -0.39 is 11.0 Å². The van der Waals surface area contributed by atoms with Gasteiger partial charge in [0.1, 0.15) is 0 Å². The summed E-state index contributed by atoms with van der Waals surface area (Å²) in [6, 6.07) is 6.43. The second kappa shape index (κ2) is 5.03. The lowest BCUT2D eigenvalue weighted by atomic mass is 10.1. The molecule has 0 aliphatic carbocycles. The van der Waals surface area contributed by atoms with Crippen LogP contribution in [0.4, 0.5) is 5.69 Å². The van der Waals surface area contributed by atoms with Crippen LogP contribution in [0.1, 0.15) is 16.5 Å². The van der Waals surface area contributed by atoms with Gasteiger partial charge in [-0.05, 0) is 0 Å². The third kappa shape index (κ3) is 2.66. The quantitative estimate of drug-likeness (QED) is 0.667. The summed E-state index contributed by atoms with van der Waals surface area (Å²) in [4.78, 5) is 14.9. The van der Waals surface area contributed by atoms with Gasteiger partial charge in [-0.25, -0.2) is 0 Å². The van der Waals surface area contributed by atoms with E-state index in [2.05, 4.69) is 4.98 Å². The Morgan fingerprint density at radius 1 is 1.47 bits per heavy atom. The molecular formula is C11H10N2O3S. The van der Waals surface area contributed by atoms with Gasteiger partial charge in [0.05, 0.1) is 21.4 Å². The summed E-state index contributed by atoms with van der Waals surface area (Å²) in [6.07, 6.45) is 1.05. The Labute approximate surface area is 102 Å². The van der Waals surface area contributed by atoms with E-state index >= 15 is 0 Å². The van der Waals surface area contributed by atoms with E-state index in [-0.39, 0.29) is 12.1 Å². The SMILES string of the molecule is O=[N+]([O-])c1ccccc1CC(O)c1cncs1. The number of aliphatic hydroxyl groups is 1. The molecule has 88 valence electrons. The molecular weight excluding hydrogens is 240 g/mol. The zero-order valence-electron chi connectivity index (χ0n) is 8.81. The van der Waals surface area contributed by atoms with Crippen molar-refractivity contribution >= 4 is 17.0 Å². The Hall–Kier alpha value is -1.79. The molecule has 2 aromatic rings. The molecule has 0 fully saturated rings. The summed E-state index contributed by atoms with van der Waals surface area (Å²) < 4.78 is 0. The van der Waals surface area contributed by atoms with Gasteiger partial charge >= 0.3 is 0 Å². The van der Waals surface area contributed by atoms with Crippen molar-refractivity contribution in [3.8, 4) is 0 Å². The number of hydrogen-bond acceptors (Lipinski definition) is 5. The highest BCUT2D eigenvalue weighted by Crippen LogP contribution is 2.26. The predicted molar refractivity (Wildman–Crippen MR) is 63.9 cm³/mol. The van der Waals surface area contributed by atoms with Crippen LogP contribution in [0.5, 0.6) is 0 Å². The van der Waals surface area contributed by atoms with E-state index in [0.717, 1.165) is 0 Å². The van der Waals surface area contributed by atoms with Gasteiger partial charge in [-0.15, -0.1) is 11.3 Å². The lowest BCUT2D eigenvalue weighted by Crippen LogP contribution is -2.02. The number of rotatable bonds is 4. The molecule has 0 spiro atoms. The highest BCUT2D eigenvalue weighted by atomic mass is 32.1. The summed E-state index contributed by atoms with van der Waals surface area (Å²) in [5, 5.41) is 20.7. The van der Waals surface area contributed by atoms with Crippen molar-refractivity contribution in [1.29, 1.82) is 0 Å². The van der Waals surface area contributed by atoms with Crippen LogP contribution in [0.25, 0.3) is 0 Å². The first-order valence-corrected chi connectivity index (χ1v) is 5.85. The van der Waals surface area contributed by atoms with Gasteiger partial charge in [0.25, 0.3) is 5.69 Å². The molecule has 0 aliphatic heterocycles. The number of benzene rings is 1. The number of nitro groups is 1. The molecule has 1 unspecified atom stereocenters. The number of nitrogens with zero attached hydrogens (tertiary/aromatic N) is 2. The van der Waals surface area contributed by atoms with Crippen molar-refractivity contribution in [2.45, 2.75) is 12.5 Å². The maximum atomic E-state index is 10.8. The number of aliphatic hydroxyl groups excluding tert-OH is 1. The molecule has 0 bridgehead atoms. The van der Waals surface area contributed by atoms with Gasteiger partial charge in [-0.3, -0.25) is 15.1 Å². The fourth-order valence-electron chi connectivity index (χ4n) is 1.56. The maximum absolute atomic E-state index is 10.8. The minimum Gasteiger partial charge on any atom is -0.387 e. The topological polar surface area (TPSA) is 76.3 Å². The molecule has 0 saturated carbocycles. The van der Waals surface area contributed by atoms with Gasteiger partial charge < -0.3 is 5.11 Å². The first-order chi connectivity index (χ1) is 8.18. The van der Waals surface area contributed by atoms with Crippen molar-refractivity contribution in [3.63, 3.8) is 0 Å². The first kappa shape index (κ1) is 11.7. The molecule has 17 heavy (non-hydrogen) atoms. The van der Waals surface area contributed by atoms with Crippen molar-refractivity contribution in [2.75, 3.05) is 0 Å². The summed E-state index contributed by atoms with van der Waals surface area (Å²) in [6.45, 7) is 0. The summed E-state index contributed by atoms with van der Waals surface area (Å²) in [5.74, 6) is 0. The first-order valence-electron chi connectivity index (χ1n) is 4.97. The molecule has 2 rings (SSSR count). The van der Waals surface area contributed by atoms with E-state index in [1.807, 2.05) is 0 Å². The van der Waals surface area contributed by atoms with Crippen LogP contribution in [-0.2, 0) is 6.42 Å². The van der Waals surface area contributed by atoms with Gasteiger partial charge in [0.15, 0.2) is 0 Å². The van der Waals surface area contributed by atoms with E-state index in [1.54, 1.807) is 29.9 Å². The van der Waals surface area contributed by atoms with Crippen LogP contribution in [-0.4, -0.2) is 15.0 Å². The third-order valence-corrected chi connectivity index (χ3v) is 3.26. The Morgan fingerprint density at radius 2 is 2.24 bits per heavy atom. The fourth-order valence-corrected chi connectivity index (χ4v) is 2.17. The Bertz CT molecular complexity index is 513. The minimum absolute atomic E-state index is 0.0380. The number of nitro benzene ring substituents is 1. The summed E-state index contributed by atoms with van der Waals surface area (Å²) >= 11 is 1.33. The van der Waals surface area contributed by atoms with Crippen molar-refractivity contribution in [2.24, 2.45) is 0 Å². The highest BCUT2D eigenvalue weighted by Gasteiger charge is 2.17. The number of para-hydroxylation sites is 1. The second-order valence-corrected chi connectivity index (χ2v) is 4.43. The Kier molecular flexibility index (Phi) is 3.46. The average Bonchev–Trinajstić information content (AvgIpc) is 2.83. The van der Waals surface area contributed by atoms with Crippen molar-refractivity contribution in [3.05, 3.63) is 56.5 Å². The molecule has 1 aromatic carbocycles. The van der Waals surface area contributed by atoms with Crippen molar-refractivity contribution < 1.29 is 10.0 Å². The number of thiazole rings is 1. The molecule has 0 aliphatic rings. The molecule has 1 heterocycles. The monoisotopic (exact) mass is 250 g/mol. The van der Waals surface area contributed by atoms with E-state index in [1.165, 1.54) is 17.4 Å². The minimum atomic E-state index is -0.747. The van der Waals surface area contributed by atoms with Crippen LogP contribution in [0, 0.1) is 10.1 Å². The van der Waals surface area contributed by atoms with E-state index in [4.69, 9.17) is 0 Å². The molecule has 5 nitrogen and oxygen atoms in total. The van der Waals surface area contributed by atoms with Crippen LogP contribution in [0.3, 0.4) is 0 Å². The summed E-state index contributed by atoms with van der Waals surface area (Å²) in [5.41, 5.74) is 2.19. The molecule has 1 N–H and O–H groups in total. The van der Waals surface area contributed by atoms with E-state index in [9.17, 15) is 15.2 Å². The van der Waals surface area contributed by atoms with Crippen molar-refractivity contribution in [1.82, 2.24) is 4.98 Å². The van der Waals surface area contributed by atoms with Gasteiger partial charge in [-0.1, -0.05) is 18.2 Å². The predicted octanol–water partition coefficient (Wildman–Crippen LogP) is 2.33. The van der Waals surface area contributed by atoms with Crippen LogP contribution in [0.15, 0.2) is 36.0 Å². The smallest absolute Gasteiger partial charge is 0.272 e. The van der Waals surface area contributed by atoms with Gasteiger partial charge in [0.2, 0.25) is 0 Å². The highest BCUT2D eigenvalue weighted by molar-refractivity contribution is 7.09. The molecule has 1 atom stereocenters. The zero-order valence-corrected chi connectivity index (χ0v) is 9.63. The average molecular weight is 250 g/mol.